The molecule has 5 nitrogen and oxygen atoms in total. The summed E-state index contributed by atoms with van der Waals surface area (Å²) in [5, 5.41) is 3.03. The van der Waals surface area contributed by atoms with Gasteiger partial charge in [-0.25, -0.2) is 0 Å². The Morgan fingerprint density at radius 2 is 2.05 bits per heavy atom. The molecule has 0 aliphatic carbocycles. The van der Waals surface area contributed by atoms with Crippen molar-refractivity contribution in [2.24, 2.45) is 0 Å². The van der Waals surface area contributed by atoms with E-state index >= 15 is 0 Å². The molecule has 0 aromatic carbocycles. The predicted molar refractivity (Wildman–Crippen MR) is 77.6 cm³/mol. The molecule has 1 spiro atoms. The maximum Gasteiger partial charge on any atom is 0.220 e. The third-order valence-corrected chi connectivity index (χ3v) is 5.47. The van der Waals surface area contributed by atoms with E-state index in [0.29, 0.717) is 12.5 Å². The molecular weight excluding hydrogens is 254 g/mol. The molecule has 5 heteroatoms. The Labute approximate surface area is 121 Å². The van der Waals surface area contributed by atoms with Crippen molar-refractivity contribution < 1.29 is 9.53 Å². The van der Waals surface area contributed by atoms with Crippen LogP contribution in [0.15, 0.2) is 0 Å². The molecule has 3 saturated heterocycles. The van der Waals surface area contributed by atoms with E-state index in [9.17, 15) is 4.79 Å². The molecule has 0 aromatic rings. The summed E-state index contributed by atoms with van der Waals surface area (Å²) in [6.07, 6.45) is 5.07. The Kier molecular flexibility index (Phi) is 4.29. The van der Waals surface area contributed by atoms with Gasteiger partial charge in [0.25, 0.3) is 0 Å². The number of carbonyl (C=O) groups is 1. The lowest BCUT2D eigenvalue weighted by molar-refractivity contribution is -0.121. The van der Waals surface area contributed by atoms with Gasteiger partial charge in [-0.15, -0.1) is 0 Å². The van der Waals surface area contributed by atoms with Crippen LogP contribution >= 0.6 is 0 Å². The van der Waals surface area contributed by atoms with Crippen LogP contribution in [0.25, 0.3) is 0 Å². The smallest absolute Gasteiger partial charge is 0.220 e. The van der Waals surface area contributed by atoms with Crippen LogP contribution in [0.2, 0.25) is 0 Å². The van der Waals surface area contributed by atoms with Gasteiger partial charge in [0.15, 0.2) is 0 Å². The molecule has 3 heterocycles. The molecule has 20 heavy (non-hydrogen) atoms. The highest BCUT2D eigenvalue weighted by atomic mass is 16.5. The summed E-state index contributed by atoms with van der Waals surface area (Å²) in [7, 11) is 2.23. The van der Waals surface area contributed by atoms with Crippen LogP contribution in [-0.2, 0) is 9.53 Å². The largest absolute Gasteiger partial charge is 0.381 e. The molecule has 0 unspecified atom stereocenters. The van der Waals surface area contributed by atoms with Crippen molar-refractivity contribution in [2.45, 2.75) is 43.7 Å². The van der Waals surface area contributed by atoms with Crippen molar-refractivity contribution in [3.63, 3.8) is 0 Å². The third-order valence-electron chi connectivity index (χ3n) is 5.47. The molecule has 114 valence electrons. The summed E-state index contributed by atoms with van der Waals surface area (Å²) in [6.45, 7) is 6.03. The van der Waals surface area contributed by atoms with E-state index in [4.69, 9.17) is 4.74 Å². The minimum atomic E-state index is 0.190. The first kappa shape index (κ1) is 14.3. The highest BCUT2D eigenvalue weighted by Crippen LogP contribution is 2.32. The molecule has 0 saturated carbocycles. The maximum atomic E-state index is 11.6. The van der Waals surface area contributed by atoms with E-state index in [1.807, 2.05) is 0 Å². The van der Waals surface area contributed by atoms with Crippen LogP contribution in [0.3, 0.4) is 0 Å². The number of nitrogens with zero attached hydrogens (tertiary/aromatic N) is 2. The van der Waals surface area contributed by atoms with Crippen molar-refractivity contribution in [3.8, 4) is 0 Å². The number of amides is 1. The number of hydrogen-bond acceptors (Lipinski definition) is 4. The van der Waals surface area contributed by atoms with Gasteiger partial charge in [0, 0.05) is 57.4 Å². The monoisotopic (exact) mass is 281 g/mol. The van der Waals surface area contributed by atoms with E-state index in [2.05, 4.69) is 22.2 Å². The van der Waals surface area contributed by atoms with Gasteiger partial charge in [-0.3, -0.25) is 14.6 Å². The molecule has 1 N–H and O–H groups in total. The van der Waals surface area contributed by atoms with Gasteiger partial charge in [0.2, 0.25) is 5.91 Å². The van der Waals surface area contributed by atoms with Gasteiger partial charge in [0.1, 0.15) is 0 Å². The van der Waals surface area contributed by atoms with Crippen LogP contribution in [0.4, 0.5) is 0 Å². The molecule has 3 aliphatic rings. The lowest BCUT2D eigenvalue weighted by Crippen LogP contribution is -2.63. The average Bonchev–Trinajstić information content (AvgIpc) is 2.66. The van der Waals surface area contributed by atoms with Crippen molar-refractivity contribution >= 4 is 5.91 Å². The summed E-state index contributed by atoms with van der Waals surface area (Å²) in [5.74, 6) is 0.221. The number of rotatable bonds is 1. The normalized spacial score (nSPS) is 35.0. The molecule has 0 bridgehead atoms. The van der Waals surface area contributed by atoms with Gasteiger partial charge < -0.3 is 10.1 Å². The SMILES string of the molecule is CN1CCN(C2CCOCC2)C[C@@]12CCNC(=O)CC2. The highest BCUT2D eigenvalue weighted by Gasteiger charge is 2.42. The fourth-order valence-electron chi connectivity index (χ4n) is 3.99. The van der Waals surface area contributed by atoms with Gasteiger partial charge >= 0.3 is 0 Å². The first-order valence-electron chi connectivity index (χ1n) is 7.99. The molecular formula is C15H27N3O2. The highest BCUT2D eigenvalue weighted by molar-refractivity contribution is 5.76. The van der Waals surface area contributed by atoms with Crippen molar-refractivity contribution in [3.05, 3.63) is 0 Å². The summed E-state index contributed by atoms with van der Waals surface area (Å²) in [4.78, 5) is 16.8. The quantitative estimate of drug-likeness (QED) is 0.758. The van der Waals surface area contributed by atoms with Gasteiger partial charge in [-0.1, -0.05) is 0 Å². The molecule has 3 fully saturated rings. The first-order valence-corrected chi connectivity index (χ1v) is 7.99. The second-order valence-electron chi connectivity index (χ2n) is 6.56. The summed E-state index contributed by atoms with van der Waals surface area (Å²) < 4.78 is 5.49. The van der Waals surface area contributed by atoms with Crippen LogP contribution in [-0.4, -0.2) is 73.7 Å². The molecule has 3 aliphatic heterocycles. The Morgan fingerprint density at radius 3 is 2.85 bits per heavy atom. The molecule has 0 aromatic heterocycles. The number of nitrogens with one attached hydrogen (secondary N) is 1. The minimum Gasteiger partial charge on any atom is -0.381 e. The Hall–Kier alpha value is -0.650. The first-order chi connectivity index (χ1) is 9.70. The number of ether oxygens (including phenoxy) is 1. The standard InChI is InChI=1S/C15H27N3O2/c1-17-8-9-18(13-3-10-20-11-4-13)12-15(17)5-2-14(19)16-7-6-15/h13H,2-12H2,1H3,(H,16,19)/t15-/m1/s1. The lowest BCUT2D eigenvalue weighted by Gasteiger charge is -2.51. The minimum absolute atomic E-state index is 0.190. The maximum absolute atomic E-state index is 11.6. The fraction of sp³-hybridized carbons (Fsp3) is 0.933. The number of hydrogen-bond donors (Lipinski definition) is 1. The van der Waals surface area contributed by atoms with E-state index in [0.717, 1.165) is 65.1 Å². The summed E-state index contributed by atoms with van der Waals surface area (Å²) in [5.41, 5.74) is 0.190. The van der Waals surface area contributed by atoms with E-state index in [1.54, 1.807) is 0 Å². The fourth-order valence-corrected chi connectivity index (χ4v) is 3.99. The van der Waals surface area contributed by atoms with Gasteiger partial charge in [-0.05, 0) is 32.7 Å². The molecule has 1 atom stereocenters. The van der Waals surface area contributed by atoms with Crippen molar-refractivity contribution in [2.75, 3.05) is 46.4 Å². The molecule has 0 radical (unpaired) electrons. The zero-order chi connectivity index (χ0) is 14.0. The molecule has 3 rings (SSSR count). The van der Waals surface area contributed by atoms with E-state index in [-0.39, 0.29) is 11.4 Å². The Bertz CT molecular complexity index is 357. The summed E-state index contributed by atoms with van der Waals surface area (Å²) in [6, 6.07) is 0.682. The topological polar surface area (TPSA) is 44.8 Å². The second kappa shape index (κ2) is 6.00. The zero-order valence-corrected chi connectivity index (χ0v) is 12.6. The van der Waals surface area contributed by atoms with E-state index in [1.165, 1.54) is 0 Å². The lowest BCUT2D eigenvalue weighted by atomic mass is 9.85. The Balaban J connectivity index is 1.70. The van der Waals surface area contributed by atoms with Crippen LogP contribution in [0.5, 0.6) is 0 Å². The van der Waals surface area contributed by atoms with Gasteiger partial charge in [-0.2, -0.15) is 0 Å². The molecule has 1 amide bonds. The number of carbonyl (C=O) groups excluding carboxylic acids is 1. The van der Waals surface area contributed by atoms with E-state index < -0.39 is 0 Å². The van der Waals surface area contributed by atoms with Crippen LogP contribution in [0, 0.1) is 0 Å². The Morgan fingerprint density at radius 1 is 1.25 bits per heavy atom. The number of likely N-dealkylation sites (N-methyl/N-ethyl adjacent to an activating group) is 1. The van der Waals surface area contributed by atoms with Gasteiger partial charge in [0.05, 0.1) is 0 Å². The van der Waals surface area contributed by atoms with Crippen molar-refractivity contribution in [1.29, 1.82) is 0 Å². The van der Waals surface area contributed by atoms with Crippen molar-refractivity contribution in [1.82, 2.24) is 15.1 Å². The van der Waals surface area contributed by atoms with Crippen LogP contribution < -0.4 is 5.32 Å². The second-order valence-corrected chi connectivity index (χ2v) is 6.56. The summed E-state index contributed by atoms with van der Waals surface area (Å²) >= 11 is 0. The third kappa shape index (κ3) is 2.85. The zero-order valence-electron chi connectivity index (χ0n) is 12.6. The van der Waals surface area contributed by atoms with Crippen LogP contribution in [0.1, 0.15) is 32.1 Å². The number of piperazine rings is 1. The predicted octanol–water partition coefficient (Wildman–Crippen LogP) is 0.452. The average molecular weight is 281 g/mol.